The number of nitrogens with one attached hydrogen (secondary N) is 2. The van der Waals surface area contributed by atoms with Gasteiger partial charge in [-0.1, -0.05) is 51.1 Å². The van der Waals surface area contributed by atoms with Crippen LogP contribution in [0.15, 0.2) is 54.6 Å². The fourth-order valence-electron chi connectivity index (χ4n) is 3.42. The molecule has 0 aliphatic carbocycles. The molecule has 0 radical (unpaired) electrons. The summed E-state index contributed by atoms with van der Waals surface area (Å²) in [7, 11) is 0. The molecule has 5 heteroatoms. The molecular weight excluding hydrogens is 348 g/mol. The van der Waals surface area contributed by atoms with E-state index in [9.17, 15) is 4.79 Å². The molecule has 1 saturated heterocycles. The molecule has 1 aliphatic heterocycles. The van der Waals surface area contributed by atoms with E-state index in [1.165, 1.54) is 11.3 Å². The van der Waals surface area contributed by atoms with Gasteiger partial charge in [-0.25, -0.2) is 4.79 Å². The molecule has 28 heavy (non-hydrogen) atoms. The van der Waals surface area contributed by atoms with E-state index in [4.69, 9.17) is 0 Å². The first-order valence-electron chi connectivity index (χ1n) is 10.1. The first kappa shape index (κ1) is 20.2. The van der Waals surface area contributed by atoms with E-state index in [0.29, 0.717) is 6.54 Å². The van der Waals surface area contributed by atoms with Gasteiger partial charge in [0.2, 0.25) is 0 Å². The van der Waals surface area contributed by atoms with Gasteiger partial charge in [-0.2, -0.15) is 0 Å². The minimum atomic E-state index is -0.147. The van der Waals surface area contributed by atoms with E-state index < -0.39 is 0 Å². The molecule has 5 nitrogen and oxygen atoms in total. The van der Waals surface area contributed by atoms with Gasteiger partial charge in [0, 0.05) is 50.6 Å². The highest BCUT2D eigenvalue weighted by Crippen LogP contribution is 2.23. The molecule has 0 atom stereocenters. The van der Waals surface area contributed by atoms with Crippen molar-refractivity contribution in [1.29, 1.82) is 0 Å². The van der Waals surface area contributed by atoms with Crippen molar-refractivity contribution in [2.75, 3.05) is 49.5 Å². The number of amides is 2. The second-order valence-corrected chi connectivity index (χ2v) is 8.37. The molecule has 1 fully saturated rings. The van der Waals surface area contributed by atoms with Crippen molar-refractivity contribution in [3.63, 3.8) is 0 Å². The number of hydrogen-bond donors (Lipinski definition) is 2. The monoisotopic (exact) mass is 380 g/mol. The molecule has 3 rings (SSSR count). The van der Waals surface area contributed by atoms with Crippen molar-refractivity contribution >= 4 is 17.4 Å². The van der Waals surface area contributed by atoms with Gasteiger partial charge in [-0.3, -0.25) is 4.90 Å². The lowest BCUT2D eigenvalue weighted by atomic mass is 9.87. The van der Waals surface area contributed by atoms with Crippen LogP contribution in [-0.4, -0.2) is 50.2 Å². The lowest BCUT2D eigenvalue weighted by Crippen LogP contribution is -2.48. The van der Waals surface area contributed by atoms with Crippen LogP contribution in [0.5, 0.6) is 0 Å². The number of anilines is 2. The van der Waals surface area contributed by atoms with Gasteiger partial charge >= 0.3 is 6.03 Å². The molecule has 1 aliphatic rings. The molecule has 0 unspecified atom stereocenters. The lowest BCUT2D eigenvalue weighted by Gasteiger charge is -2.36. The van der Waals surface area contributed by atoms with E-state index in [2.05, 4.69) is 83.7 Å². The Hall–Kier alpha value is -2.53. The highest BCUT2D eigenvalue weighted by molar-refractivity contribution is 5.89. The van der Waals surface area contributed by atoms with Crippen molar-refractivity contribution in [2.45, 2.75) is 26.2 Å². The van der Waals surface area contributed by atoms with Crippen LogP contribution < -0.4 is 15.5 Å². The predicted molar refractivity (Wildman–Crippen MR) is 117 cm³/mol. The topological polar surface area (TPSA) is 47.6 Å². The molecule has 150 valence electrons. The summed E-state index contributed by atoms with van der Waals surface area (Å²) >= 11 is 0. The van der Waals surface area contributed by atoms with Crippen LogP contribution in [0.4, 0.5) is 16.2 Å². The van der Waals surface area contributed by atoms with Crippen LogP contribution in [0.25, 0.3) is 0 Å². The van der Waals surface area contributed by atoms with Gasteiger partial charge in [0.1, 0.15) is 0 Å². The molecule has 1 heterocycles. The van der Waals surface area contributed by atoms with Gasteiger partial charge in [0.15, 0.2) is 0 Å². The average molecular weight is 381 g/mol. The molecule has 2 aromatic rings. The Balaban J connectivity index is 1.36. The van der Waals surface area contributed by atoms with Gasteiger partial charge in [0.25, 0.3) is 0 Å². The van der Waals surface area contributed by atoms with E-state index in [-0.39, 0.29) is 11.4 Å². The molecule has 2 aromatic carbocycles. The SMILES string of the molecule is CC(C)(C)c1ccc(NC(=O)NCCN2CCN(c3ccccc3)CC2)cc1. The number of nitrogens with zero attached hydrogens (tertiary/aromatic N) is 2. The number of carbonyl (C=O) groups excluding carboxylic acids is 1. The Morgan fingerprint density at radius 3 is 2.18 bits per heavy atom. The summed E-state index contributed by atoms with van der Waals surface area (Å²) in [5.41, 5.74) is 3.48. The minimum absolute atomic E-state index is 0.116. The van der Waals surface area contributed by atoms with Crippen LogP contribution in [0.2, 0.25) is 0 Å². The number of para-hydroxylation sites is 1. The number of carbonyl (C=O) groups is 1. The summed E-state index contributed by atoms with van der Waals surface area (Å²) in [5.74, 6) is 0. The fourth-order valence-corrected chi connectivity index (χ4v) is 3.42. The van der Waals surface area contributed by atoms with Gasteiger partial charge < -0.3 is 15.5 Å². The zero-order valence-electron chi connectivity index (χ0n) is 17.2. The van der Waals surface area contributed by atoms with Crippen LogP contribution in [0, 0.1) is 0 Å². The maximum atomic E-state index is 12.1. The van der Waals surface area contributed by atoms with Crippen LogP contribution in [0.1, 0.15) is 26.3 Å². The number of hydrogen-bond acceptors (Lipinski definition) is 3. The molecule has 0 saturated carbocycles. The summed E-state index contributed by atoms with van der Waals surface area (Å²) < 4.78 is 0. The summed E-state index contributed by atoms with van der Waals surface area (Å²) in [6.07, 6.45) is 0. The molecule has 0 bridgehead atoms. The Labute approximate surface area is 168 Å². The molecule has 2 amide bonds. The Bertz CT molecular complexity index is 744. The quantitative estimate of drug-likeness (QED) is 0.826. The highest BCUT2D eigenvalue weighted by Gasteiger charge is 2.17. The summed E-state index contributed by atoms with van der Waals surface area (Å²) in [6.45, 7) is 12.2. The smallest absolute Gasteiger partial charge is 0.319 e. The van der Waals surface area contributed by atoms with Gasteiger partial charge in [-0.15, -0.1) is 0 Å². The van der Waals surface area contributed by atoms with Crippen LogP contribution in [0.3, 0.4) is 0 Å². The van der Waals surface area contributed by atoms with E-state index >= 15 is 0 Å². The maximum Gasteiger partial charge on any atom is 0.319 e. The number of benzene rings is 2. The third-order valence-electron chi connectivity index (χ3n) is 5.22. The standard InChI is InChI=1S/C23H32N4O/c1-23(2,3)19-9-11-20(12-10-19)25-22(28)24-13-14-26-15-17-27(18-16-26)21-7-5-4-6-8-21/h4-12H,13-18H2,1-3H3,(H2,24,25,28). The van der Waals surface area contributed by atoms with E-state index in [0.717, 1.165) is 38.4 Å². The van der Waals surface area contributed by atoms with Crippen LogP contribution >= 0.6 is 0 Å². The highest BCUT2D eigenvalue weighted by atomic mass is 16.2. The molecule has 2 N–H and O–H groups in total. The minimum Gasteiger partial charge on any atom is -0.369 e. The maximum absolute atomic E-state index is 12.1. The third kappa shape index (κ3) is 5.73. The fraction of sp³-hybridized carbons (Fsp3) is 0.435. The average Bonchev–Trinajstić information content (AvgIpc) is 2.69. The van der Waals surface area contributed by atoms with E-state index in [1.54, 1.807) is 0 Å². The second-order valence-electron chi connectivity index (χ2n) is 8.37. The van der Waals surface area contributed by atoms with E-state index in [1.807, 2.05) is 12.1 Å². The summed E-state index contributed by atoms with van der Waals surface area (Å²) in [6, 6.07) is 18.5. The largest absolute Gasteiger partial charge is 0.369 e. The Kier molecular flexibility index (Phi) is 6.57. The van der Waals surface area contributed by atoms with Gasteiger partial charge in [0.05, 0.1) is 0 Å². The van der Waals surface area contributed by atoms with Crippen LogP contribution in [-0.2, 0) is 5.41 Å². The lowest BCUT2D eigenvalue weighted by molar-refractivity contribution is 0.240. The third-order valence-corrected chi connectivity index (χ3v) is 5.22. The number of rotatable bonds is 5. The normalized spacial score (nSPS) is 15.3. The number of piperazine rings is 1. The Morgan fingerprint density at radius 2 is 1.57 bits per heavy atom. The zero-order chi connectivity index (χ0) is 20.0. The Morgan fingerprint density at radius 1 is 0.929 bits per heavy atom. The molecule has 0 spiro atoms. The van der Waals surface area contributed by atoms with Crippen molar-refractivity contribution in [2.24, 2.45) is 0 Å². The second kappa shape index (κ2) is 9.11. The van der Waals surface area contributed by atoms with Gasteiger partial charge in [-0.05, 0) is 35.2 Å². The number of urea groups is 1. The van der Waals surface area contributed by atoms with Crippen molar-refractivity contribution in [3.05, 3.63) is 60.2 Å². The predicted octanol–water partition coefficient (Wildman–Crippen LogP) is 3.93. The van der Waals surface area contributed by atoms with Crippen molar-refractivity contribution in [3.8, 4) is 0 Å². The zero-order valence-corrected chi connectivity index (χ0v) is 17.2. The van der Waals surface area contributed by atoms with Crippen molar-refractivity contribution < 1.29 is 4.79 Å². The first-order valence-corrected chi connectivity index (χ1v) is 10.1. The first-order chi connectivity index (χ1) is 13.4. The molecule has 0 aromatic heterocycles. The molecular formula is C23H32N4O. The summed E-state index contributed by atoms with van der Waals surface area (Å²) in [4.78, 5) is 16.9. The summed E-state index contributed by atoms with van der Waals surface area (Å²) in [5, 5.41) is 5.87. The van der Waals surface area contributed by atoms with Crippen molar-refractivity contribution in [1.82, 2.24) is 10.2 Å².